The Hall–Kier alpha value is -0.620. The molecule has 0 aliphatic rings. The Bertz CT molecular complexity index is 507. The molecular weight excluding hydrogens is 414 g/mol. The standard InChI is InChI=1S/C10H4BrF3INO/c11-3-8(17)7-2-6(10(12,13)14)1-5(4-16)9(7)15/h1-2H,3H2. The first-order valence-electron chi connectivity index (χ1n) is 4.21. The molecule has 0 aliphatic carbocycles. The number of benzene rings is 1. The Kier molecular flexibility index (Phi) is 4.55. The summed E-state index contributed by atoms with van der Waals surface area (Å²) < 4.78 is 37.9. The lowest BCUT2D eigenvalue weighted by atomic mass is 10.0. The molecule has 7 heteroatoms. The molecule has 0 heterocycles. The Morgan fingerprint density at radius 1 is 1.47 bits per heavy atom. The van der Waals surface area contributed by atoms with Gasteiger partial charge in [0.15, 0.2) is 5.78 Å². The third kappa shape index (κ3) is 3.19. The van der Waals surface area contributed by atoms with E-state index in [0.717, 1.165) is 12.1 Å². The highest BCUT2D eigenvalue weighted by molar-refractivity contribution is 14.1. The number of nitrogens with zero attached hydrogens (tertiary/aromatic N) is 1. The number of ketones is 1. The zero-order valence-corrected chi connectivity index (χ0v) is 11.9. The number of halogens is 5. The maximum atomic E-state index is 12.5. The van der Waals surface area contributed by atoms with Crippen LogP contribution in [0.5, 0.6) is 0 Å². The van der Waals surface area contributed by atoms with Gasteiger partial charge in [-0.2, -0.15) is 18.4 Å². The number of carbonyl (C=O) groups is 1. The van der Waals surface area contributed by atoms with E-state index in [1.165, 1.54) is 0 Å². The van der Waals surface area contributed by atoms with Gasteiger partial charge < -0.3 is 0 Å². The molecule has 0 N–H and O–H groups in total. The van der Waals surface area contributed by atoms with E-state index >= 15 is 0 Å². The van der Waals surface area contributed by atoms with Crippen LogP contribution < -0.4 is 0 Å². The van der Waals surface area contributed by atoms with Crippen LogP contribution in [0.25, 0.3) is 0 Å². The van der Waals surface area contributed by atoms with Crippen molar-refractivity contribution < 1.29 is 18.0 Å². The van der Waals surface area contributed by atoms with E-state index in [2.05, 4.69) is 15.9 Å². The van der Waals surface area contributed by atoms with E-state index in [1.54, 1.807) is 28.7 Å². The van der Waals surface area contributed by atoms with Gasteiger partial charge in [0, 0.05) is 9.13 Å². The predicted octanol–water partition coefficient (Wildman–Crippen LogP) is 3.76. The van der Waals surface area contributed by atoms with Crippen LogP contribution in [0.15, 0.2) is 12.1 Å². The summed E-state index contributed by atoms with van der Waals surface area (Å²) in [6.07, 6.45) is -4.57. The lowest BCUT2D eigenvalue weighted by Crippen LogP contribution is -2.11. The van der Waals surface area contributed by atoms with Crippen LogP contribution in [0.1, 0.15) is 21.5 Å². The SMILES string of the molecule is N#Cc1cc(C(F)(F)F)cc(C(=O)CBr)c1I. The molecule has 17 heavy (non-hydrogen) atoms. The van der Waals surface area contributed by atoms with Crippen molar-refractivity contribution in [2.24, 2.45) is 0 Å². The minimum Gasteiger partial charge on any atom is -0.293 e. The molecule has 0 radical (unpaired) electrons. The molecule has 0 fully saturated rings. The molecular formula is C10H4BrF3INO. The molecule has 0 bridgehead atoms. The molecule has 0 saturated carbocycles. The van der Waals surface area contributed by atoms with Crippen molar-refractivity contribution in [3.63, 3.8) is 0 Å². The number of hydrogen-bond acceptors (Lipinski definition) is 2. The van der Waals surface area contributed by atoms with Gasteiger partial charge in [-0.05, 0) is 34.7 Å². The predicted molar refractivity (Wildman–Crippen MR) is 67.0 cm³/mol. The fraction of sp³-hybridized carbons (Fsp3) is 0.200. The van der Waals surface area contributed by atoms with Crippen LogP contribution in [0.3, 0.4) is 0 Å². The molecule has 0 saturated heterocycles. The van der Waals surface area contributed by atoms with Crippen molar-refractivity contribution in [1.29, 1.82) is 5.26 Å². The summed E-state index contributed by atoms with van der Waals surface area (Å²) in [7, 11) is 0. The van der Waals surface area contributed by atoms with Gasteiger partial charge in [0.2, 0.25) is 0 Å². The number of nitriles is 1. The molecule has 2 nitrogen and oxygen atoms in total. The van der Waals surface area contributed by atoms with E-state index in [0.29, 0.717) is 0 Å². The number of Topliss-reactive ketones (excluding diaryl/α,β-unsaturated/α-hetero) is 1. The Balaban J connectivity index is 3.51. The first kappa shape index (κ1) is 14.4. The molecule has 1 aromatic rings. The number of carbonyl (C=O) groups excluding carboxylic acids is 1. The summed E-state index contributed by atoms with van der Waals surface area (Å²) in [5.41, 5.74) is -1.22. The summed E-state index contributed by atoms with van der Waals surface area (Å²) in [6.45, 7) is 0. The zero-order valence-electron chi connectivity index (χ0n) is 8.11. The van der Waals surface area contributed by atoms with Crippen LogP contribution in [0.4, 0.5) is 13.2 Å². The smallest absolute Gasteiger partial charge is 0.293 e. The van der Waals surface area contributed by atoms with Crippen molar-refractivity contribution >= 4 is 44.3 Å². The first-order chi connectivity index (χ1) is 7.81. The van der Waals surface area contributed by atoms with Gasteiger partial charge in [0.05, 0.1) is 16.5 Å². The molecule has 0 amide bonds. The second kappa shape index (κ2) is 5.35. The average Bonchev–Trinajstić information content (AvgIpc) is 2.26. The van der Waals surface area contributed by atoms with Crippen LogP contribution in [-0.2, 0) is 6.18 Å². The molecule has 1 aromatic carbocycles. The van der Waals surface area contributed by atoms with E-state index in [9.17, 15) is 18.0 Å². The largest absolute Gasteiger partial charge is 0.416 e. The third-order valence-corrected chi connectivity index (χ3v) is 3.61. The molecule has 0 atom stereocenters. The van der Waals surface area contributed by atoms with Gasteiger partial charge in [-0.1, -0.05) is 15.9 Å². The minimum atomic E-state index is -4.57. The molecule has 0 spiro atoms. The maximum Gasteiger partial charge on any atom is 0.416 e. The van der Waals surface area contributed by atoms with Crippen molar-refractivity contribution in [1.82, 2.24) is 0 Å². The number of rotatable bonds is 2. The summed E-state index contributed by atoms with van der Waals surface area (Å²) >= 11 is 4.58. The van der Waals surface area contributed by atoms with Gasteiger partial charge in [0.1, 0.15) is 6.07 Å². The number of alkyl halides is 4. The van der Waals surface area contributed by atoms with Crippen molar-refractivity contribution in [2.45, 2.75) is 6.18 Å². The van der Waals surface area contributed by atoms with Gasteiger partial charge in [-0.3, -0.25) is 4.79 Å². The molecule has 0 aliphatic heterocycles. The van der Waals surface area contributed by atoms with Gasteiger partial charge >= 0.3 is 6.18 Å². The topological polar surface area (TPSA) is 40.9 Å². The zero-order chi connectivity index (χ0) is 13.2. The van der Waals surface area contributed by atoms with Crippen molar-refractivity contribution in [3.8, 4) is 6.07 Å². The summed E-state index contributed by atoms with van der Waals surface area (Å²) in [6, 6.07) is 3.16. The van der Waals surface area contributed by atoms with Gasteiger partial charge in [-0.15, -0.1) is 0 Å². The molecule has 0 unspecified atom stereocenters. The van der Waals surface area contributed by atoms with Gasteiger partial charge in [-0.25, -0.2) is 0 Å². The highest BCUT2D eigenvalue weighted by Gasteiger charge is 2.32. The monoisotopic (exact) mass is 417 g/mol. The van der Waals surface area contributed by atoms with Crippen LogP contribution >= 0.6 is 38.5 Å². The molecule has 1 rings (SSSR count). The lowest BCUT2D eigenvalue weighted by molar-refractivity contribution is -0.137. The maximum absolute atomic E-state index is 12.5. The van der Waals surface area contributed by atoms with Crippen molar-refractivity contribution in [3.05, 3.63) is 32.4 Å². The fourth-order valence-electron chi connectivity index (χ4n) is 1.14. The quantitative estimate of drug-likeness (QED) is 0.417. The lowest BCUT2D eigenvalue weighted by Gasteiger charge is -2.10. The normalized spacial score (nSPS) is 11.1. The van der Waals surface area contributed by atoms with E-state index < -0.39 is 17.5 Å². The third-order valence-electron chi connectivity index (χ3n) is 1.94. The second-order valence-corrected chi connectivity index (χ2v) is 4.69. The summed E-state index contributed by atoms with van der Waals surface area (Å²) in [4.78, 5) is 11.5. The summed E-state index contributed by atoms with van der Waals surface area (Å²) in [5, 5.41) is 8.65. The van der Waals surface area contributed by atoms with E-state index in [1.807, 2.05) is 0 Å². The Labute approximate surface area is 117 Å². The van der Waals surface area contributed by atoms with Crippen molar-refractivity contribution in [2.75, 3.05) is 5.33 Å². The highest BCUT2D eigenvalue weighted by atomic mass is 127. The van der Waals surface area contributed by atoms with E-state index in [4.69, 9.17) is 5.26 Å². The van der Waals surface area contributed by atoms with Gasteiger partial charge in [0.25, 0.3) is 0 Å². The van der Waals surface area contributed by atoms with E-state index in [-0.39, 0.29) is 20.0 Å². The first-order valence-corrected chi connectivity index (χ1v) is 6.41. The second-order valence-electron chi connectivity index (χ2n) is 3.05. The minimum absolute atomic E-state index is 0.0881. The Morgan fingerprint density at radius 2 is 2.06 bits per heavy atom. The molecule has 90 valence electrons. The van der Waals surface area contributed by atoms with Crippen LogP contribution in [-0.4, -0.2) is 11.1 Å². The number of hydrogen-bond donors (Lipinski definition) is 0. The van der Waals surface area contributed by atoms with Crippen LogP contribution in [0, 0.1) is 14.9 Å². The fourth-order valence-corrected chi connectivity index (χ4v) is 2.18. The Morgan fingerprint density at radius 3 is 2.47 bits per heavy atom. The highest BCUT2D eigenvalue weighted by Crippen LogP contribution is 2.32. The van der Waals surface area contributed by atoms with Crippen LogP contribution in [0.2, 0.25) is 0 Å². The average molecular weight is 418 g/mol. The molecule has 0 aromatic heterocycles. The summed E-state index contributed by atoms with van der Waals surface area (Å²) in [5.74, 6) is -0.489.